The number of rotatable bonds is 5. The van der Waals surface area contributed by atoms with Gasteiger partial charge in [-0.2, -0.15) is 0 Å². The molecule has 0 N–H and O–H groups in total. The summed E-state index contributed by atoms with van der Waals surface area (Å²) in [6.07, 6.45) is 0. The summed E-state index contributed by atoms with van der Waals surface area (Å²) in [4.78, 5) is 10.6. The van der Waals surface area contributed by atoms with Gasteiger partial charge in [0.05, 0.1) is 5.92 Å². The van der Waals surface area contributed by atoms with E-state index in [0.29, 0.717) is 0 Å². The van der Waals surface area contributed by atoms with Gasteiger partial charge in [-0.3, -0.25) is 10.1 Å². The lowest BCUT2D eigenvalue weighted by Gasteiger charge is -2.16. The zero-order valence-electron chi connectivity index (χ0n) is 10.5. The number of hydrogen-bond acceptors (Lipinski definition) is 2. The number of nitro groups is 1. The lowest BCUT2D eigenvalue weighted by atomic mass is 9.88. The van der Waals surface area contributed by atoms with E-state index in [4.69, 9.17) is 0 Å². The molecule has 0 aliphatic heterocycles. The van der Waals surface area contributed by atoms with Gasteiger partial charge in [-0.1, -0.05) is 67.2 Å². The van der Waals surface area contributed by atoms with Crippen molar-refractivity contribution in [1.82, 2.24) is 0 Å². The first kappa shape index (κ1) is 13.0. The van der Waals surface area contributed by atoms with E-state index in [9.17, 15) is 10.1 Å². The van der Waals surface area contributed by atoms with Crippen LogP contribution in [-0.4, -0.2) is 11.5 Å². The van der Waals surface area contributed by atoms with Crippen LogP contribution in [0.1, 0.15) is 17.0 Å². The van der Waals surface area contributed by atoms with Gasteiger partial charge in [-0.25, -0.2) is 0 Å². The van der Waals surface area contributed by atoms with Gasteiger partial charge in [0.15, 0.2) is 0 Å². The SMILES string of the molecule is C=C(c1ccccc1)C(C[N+](=O)[O-])c1ccccc1. The molecule has 19 heavy (non-hydrogen) atoms. The molecule has 0 saturated carbocycles. The van der Waals surface area contributed by atoms with Crippen LogP contribution in [0, 0.1) is 10.1 Å². The van der Waals surface area contributed by atoms with Gasteiger partial charge < -0.3 is 0 Å². The molecule has 0 radical (unpaired) electrons. The Kier molecular flexibility index (Phi) is 4.08. The maximum absolute atomic E-state index is 10.9. The van der Waals surface area contributed by atoms with E-state index in [2.05, 4.69) is 6.58 Å². The Morgan fingerprint density at radius 3 is 2.11 bits per heavy atom. The van der Waals surface area contributed by atoms with Crippen molar-refractivity contribution >= 4 is 5.57 Å². The molecule has 3 nitrogen and oxygen atoms in total. The Balaban J connectivity index is 2.33. The van der Waals surface area contributed by atoms with Crippen molar-refractivity contribution in [3.63, 3.8) is 0 Å². The fourth-order valence-electron chi connectivity index (χ4n) is 2.10. The first-order chi connectivity index (χ1) is 9.18. The topological polar surface area (TPSA) is 43.1 Å². The fourth-order valence-corrected chi connectivity index (χ4v) is 2.10. The smallest absolute Gasteiger partial charge is 0.214 e. The second-order valence-corrected chi connectivity index (χ2v) is 4.37. The number of hydrogen-bond donors (Lipinski definition) is 0. The van der Waals surface area contributed by atoms with E-state index in [1.54, 1.807) is 0 Å². The monoisotopic (exact) mass is 253 g/mol. The molecule has 0 aromatic heterocycles. The van der Waals surface area contributed by atoms with Crippen LogP contribution in [0.15, 0.2) is 67.2 Å². The molecule has 2 aromatic rings. The highest BCUT2D eigenvalue weighted by Gasteiger charge is 2.21. The summed E-state index contributed by atoms with van der Waals surface area (Å²) >= 11 is 0. The largest absolute Gasteiger partial charge is 0.265 e. The standard InChI is InChI=1S/C16H15NO2/c1-13(14-8-4-2-5-9-14)16(12-17(18)19)15-10-6-3-7-11-15/h2-11,16H,1,12H2. The maximum atomic E-state index is 10.9. The molecule has 0 aliphatic carbocycles. The number of benzene rings is 2. The minimum atomic E-state index is -0.293. The third-order valence-electron chi connectivity index (χ3n) is 3.10. The molecule has 0 heterocycles. The molecule has 0 saturated heterocycles. The summed E-state index contributed by atoms with van der Waals surface area (Å²) in [5.74, 6) is -0.293. The molecule has 1 unspecified atom stereocenters. The van der Waals surface area contributed by atoms with E-state index in [0.717, 1.165) is 16.7 Å². The highest BCUT2D eigenvalue weighted by atomic mass is 16.6. The normalized spacial score (nSPS) is 11.8. The first-order valence-electron chi connectivity index (χ1n) is 6.09. The zero-order chi connectivity index (χ0) is 13.7. The van der Waals surface area contributed by atoms with Crippen molar-refractivity contribution in [1.29, 1.82) is 0 Å². The van der Waals surface area contributed by atoms with Crippen molar-refractivity contribution in [2.75, 3.05) is 6.54 Å². The molecule has 2 rings (SSSR count). The van der Waals surface area contributed by atoms with Crippen LogP contribution < -0.4 is 0 Å². The minimum Gasteiger partial charge on any atom is -0.265 e. The van der Waals surface area contributed by atoms with Gasteiger partial charge in [-0.05, 0) is 16.7 Å². The summed E-state index contributed by atoms with van der Waals surface area (Å²) in [6.45, 7) is 3.91. The molecule has 0 amide bonds. The Morgan fingerprint density at radius 2 is 1.58 bits per heavy atom. The predicted octanol–water partition coefficient (Wildman–Crippen LogP) is 3.76. The van der Waals surface area contributed by atoms with Crippen LogP contribution in [0.4, 0.5) is 0 Å². The van der Waals surface area contributed by atoms with Gasteiger partial charge in [-0.15, -0.1) is 0 Å². The molecule has 0 bridgehead atoms. The lowest BCUT2D eigenvalue weighted by molar-refractivity contribution is -0.481. The molecule has 0 fully saturated rings. The second kappa shape index (κ2) is 5.96. The predicted molar refractivity (Wildman–Crippen MR) is 76.5 cm³/mol. The Labute approximate surface area is 112 Å². The van der Waals surface area contributed by atoms with E-state index in [-0.39, 0.29) is 17.4 Å². The van der Waals surface area contributed by atoms with Gasteiger partial charge >= 0.3 is 0 Å². The van der Waals surface area contributed by atoms with E-state index in [1.807, 2.05) is 60.7 Å². The van der Waals surface area contributed by atoms with Gasteiger partial charge in [0.25, 0.3) is 0 Å². The molecular formula is C16H15NO2. The second-order valence-electron chi connectivity index (χ2n) is 4.37. The van der Waals surface area contributed by atoms with E-state index in [1.165, 1.54) is 0 Å². The Hall–Kier alpha value is -2.42. The Morgan fingerprint density at radius 1 is 1.05 bits per heavy atom. The lowest BCUT2D eigenvalue weighted by Crippen LogP contribution is -2.13. The average molecular weight is 253 g/mol. The highest BCUT2D eigenvalue weighted by molar-refractivity contribution is 5.69. The maximum Gasteiger partial charge on any atom is 0.214 e. The van der Waals surface area contributed by atoms with Gasteiger partial charge in [0.1, 0.15) is 0 Å². The van der Waals surface area contributed by atoms with Crippen molar-refractivity contribution in [2.24, 2.45) is 0 Å². The summed E-state index contributed by atoms with van der Waals surface area (Å²) in [7, 11) is 0. The quantitative estimate of drug-likeness (QED) is 0.601. The van der Waals surface area contributed by atoms with Gasteiger partial charge in [0.2, 0.25) is 6.54 Å². The zero-order valence-corrected chi connectivity index (χ0v) is 10.5. The summed E-state index contributed by atoms with van der Waals surface area (Å²) in [5, 5.41) is 10.9. The molecule has 2 aromatic carbocycles. The van der Waals surface area contributed by atoms with Crippen LogP contribution in [0.5, 0.6) is 0 Å². The third-order valence-corrected chi connectivity index (χ3v) is 3.10. The van der Waals surface area contributed by atoms with Gasteiger partial charge in [0, 0.05) is 4.92 Å². The summed E-state index contributed by atoms with van der Waals surface area (Å²) in [5.41, 5.74) is 2.65. The Bertz CT molecular complexity index is 564. The van der Waals surface area contributed by atoms with Crippen molar-refractivity contribution in [2.45, 2.75) is 5.92 Å². The average Bonchev–Trinajstić information content (AvgIpc) is 2.46. The van der Waals surface area contributed by atoms with Crippen LogP contribution in [0.25, 0.3) is 5.57 Å². The van der Waals surface area contributed by atoms with E-state index >= 15 is 0 Å². The summed E-state index contributed by atoms with van der Waals surface area (Å²) < 4.78 is 0. The number of nitrogens with zero attached hydrogens (tertiary/aromatic N) is 1. The van der Waals surface area contributed by atoms with Crippen LogP contribution in [0.3, 0.4) is 0 Å². The van der Waals surface area contributed by atoms with Crippen molar-refractivity contribution < 1.29 is 4.92 Å². The van der Waals surface area contributed by atoms with Crippen LogP contribution in [0.2, 0.25) is 0 Å². The van der Waals surface area contributed by atoms with E-state index < -0.39 is 0 Å². The van der Waals surface area contributed by atoms with Crippen LogP contribution >= 0.6 is 0 Å². The third kappa shape index (κ3) is 3.28. The molecule has 0 aliphatic rings. The molecule has 96 valence electrons. The van der Waals surface area contributed by atoms with Crippen molar-refractivity contribution in [3.05, 3.63) is 88.5 Å². The van der Waals surface area contributed by atoms with Crippen LogP contribution in [-0.2, 0) is 0 Å². The first-order valence-corrected chi connectivity index (χ1v) is 6.09. The molecule has 1 atom stereocenters. The fraction of sp³-hybridized carbons (Fsp3) is 0.125. The summed E-state index contributed by atoms with van der Waals surface area (Å²) in [6, 6.07) is 19.1. The highest BCUT2D eigenvalue weighted by Crippen LogP contribution is 2.30. The molecule has 0 spiro atoms. The molecular weight excluding hydrogens is 238 g/mol. The molecule has 3 heteroatoms. The minimum absolute atomic E-state index is 0.141. The van der Waals surface area contributed by atoms with Crippen molar-refractivity contribution in [3.8, 4) is 0 Å².